The molecule has 0 saturated heterocycles. The summed E-state index contributed by atoms with van der Waals surface area (Å²) in [5.41, 5.74) is 0.938. The molecule has 0 saturated carbocycles. The van der Waals surface area contributed by atoms with E-state index < -0.39 is 12.6 Å². The molecule has 0 radical (unpaired) electrons. The topological polar surface area (TPSA) is 29.9 Å². The van der Waals surface area contributed by atoms with E-state index in [-0.39, 0.29) is 6.42 Å². The normalized spacial score (nSPS) is 12.3. The van der Waals surface area contributed by atoms with Gasteiger partial charge in [0.1, 0.15) is 0 Å². The average molecular weight is 291 g/mol. The van der Waals surface area contributed by atoms with Crippen molar-refractivity contribution >= 4 is 0 Å². The fourth-order valence-corrected chi connectivity index (χ4v) is 2.13. The van der Waals surface area contributed by atoms with Crippen molar-refractivity contribution in [2.45, 2.75) is 64.7 Å². The van der Waals surface area contributed by atoms with Crippen molar-refractivity contribution in [1.82, 2.24) is 15.1 Å². The third-order valence-electron chi connectivity index (χ3n) is 3.35. The van der Waals surface area contributed by atoms with Gasteiger partial charge < -0.3 is 5.32 Å². The van der Waals surface area contributed by atoms with Crippen LogP contribution in [-0.4, -0.2) is 22.5 Å². The molecule has 1 heterocycles. The largest absolute Gasteiger partial charge is 0.389 e. The fraction of sp³-hybridized carbons (Fsp3) is 0.786. The minimum atomic E-state index is -4.03. The first kappa shape index (κ1) is 17.0. The summed E-state index contributed by atoms with van der Waals surface area (Å²) in [7, 11) is 0. The van der Waals surface area contributed by atoms with Gasteiger partial charge in [0.15, 0.2) is 0 Å². The van der Waals surface area contributed by atoms with Crippen LogP contribution in [0.4, 0.5) is 13.2 Å². The van der Waals surface area contributed by atoms with Gasteiger partial charge in [-0.25, -0.2) is 0 Å². The minimum absolute atomic E-state index is 0.179. The van der Waals surface area contributed by atoms with Gasteiger partial charge in [-0.05, 0) is 38.3 Å². The summed E-state index contributed by atoms with van der Waals surface area (Å²) in [5.74, 6) is 0. The van der Waals surface area contributed by atoms with Gasteiger partial charge in [-0.3, -0.25) is 4.68 Å². The van der Waals surface area contributed by atoms with E-state index in [1.54, 1.807) is 0 Å². The highest BCUT2D eigenvalue weighted by atomic mass is 19.4. The molecule has 0 aliphatic carbocycles. The quantitative estimate of drug-likeness (QED) is 0.695. The summed E-state index contributed by atoms with van der Waals surface area (Å²) in [6, 6.07) is 2.39. The summed E-state index contributed by atoms with van der Waals surface area (Å²) in [6.07, 6.45) is 0.0425. The Balaban J connectivity index is 2.19. The van der Waals surface area contributed by atoms with E-state index >= 15 is 0 Å². The van der Waals surface area contributed by atoms with Crippen LogP contribution in [-0.2, 0) is 6.54 Å². The lowest BCUT2D eigenvalue weighted by molar-refractivity contribution is -0.135. The monoisotopic (exact) mass is 291 g/mol. The van der Waals surface area contributed by atoms with Crippen molar-refractivity contribution < 1.29 is 13.2 Å². The second-order valence-electron chi connectivity index (χ2n) is 5.01. The smallest absolute Gasteiger partial charge is 0.311 e. The van der Waals surface area contributed by atoms with Crippen molar-refractivity contribution in [3.63, 3.8) is 0 Å². The van der Waals surface area contributed by atoms with Gasteiger partial charge in [0, 0.05) is 19.2 Å². The molecular weight excluding hydrogens is 267 g/mol. The number of aromatic nitrogens is 2. The zero-order valence-electron chi connectivity index (χ0n) is 12.2. The molecule has 0 fully saturated rings. The molecule has 1 N–H and O–H groups in total. The van der Waals surface area contributed by atoms with E-state index in [2.05, 4.69) is 24.3 Å². The number of hydrogen-bond donors (Lipinski definition) is 1. The predicted molar refractivity (Wildman–Crippen MR) is 73.5 cm³/mol. The molecular formula is C14H24F3N3. The van der Waals surface area contributed by atoms with Crippen molar-refractivity contribution in [2.75, 3.05) is 6.54 Å². The van der Waals surface area contributed by atoms with Crippen molar-refractivity contribution in [3.05, 3.63) is 18.0 Å². The lowest BCUT2D eigenvalue weighted by Gasteiger charge is -2.12. The molecule has 20 heavy (non-hydrogen) atoms. The number of alkyl halides is 3. The Hall–Kier alpha value is -1.04. The van der Waals surface area contributed by atoms with E-state index in [0.29, 0.717) is 25.6 Å². The van der Waals surface area contributed by atoms with Gasteiger partial charge in [0.2, 0.25) is 0 Å². The molecule has 1 rings (SSSR count). The van der Waals surface area contributed by atoms with Gasteiger partial charge >= 0.3 is 6.18 Å². The second-order valence-corrected chi connectivity index (χ2v) is 5.01. The Bertz CT molecular complexity index is 370. The first-order valence-electron chi connectivity index (χ1n) is 7.27. The van der Waals surface area contributed by atoms with Crippen LogP contribution in [0.25, 0.3) is 0 Å². The van der Waals surface area contributed by atoms with Crippen LogP contribution in [0.5, 0.6) is 0 Å². The zero-order chi connectivity index (χ0) is 15.0. The number of nitrogens with zero attached hydrogens (tertiary/aromatic N) is 2. The van der Waals surface area contributed by atoms with E-state index in [4.69, 9.17) is 0 Å². The van der Waals surface area contributed by atoms with Gasteiger partial charge in [-0.15, -0.1) is 0 Å². The van der Waals surface area contributed by atoms with Crippen molar-refractivity contribution in [1.29, 1.82) is 0 Å². The molecule has 0 amide bonds. The number of nitrogens with one attached hydrogen (secondary N) is 1. The molecule has 3 nitrogen and oxygen atoms in total. The molecule has 0 spiro atoms. The molecule has 1 aromatic rings. The van der Waals surface area contributed by atoms with Crippen LogP contribution in [0.2, 0.25) is 0 Å². The third-order valence-corrected chi connectivity index (χ3v) is 3.35. The van der Waals surface area contributed by atoms with E-state index in [1.165, 1.54) is 0 Å². The molecule has 1 aromatic heterocycles. The van der Waals surface area contributed by atoms with Crippen molar-refractivity contribution in [2.24, 2.45) is 0 Å². The summed E-state index contributed by atoms with van der Waals surface area (Å²) >= 11 is 0. The second kappa shape index (κ2) is 8.29. The number of halogens is 3. The first-order chi connectivity index (χ1) is 9.46. The molecule has 0 atom stereocenters. The third kappa shape index (κ3) is 6.41. The van der Waals surface area contributed by atoms with Crippen LogP contribution in [0.1, 0.15) is 57.7 Å². The molecule has 6 heteroatoms. The van der Waals surface area contributed by atoms with E-state index in [9.17, 15) is 13.2 Å². The maximum absolute atomic E-state index is 11.9. The predicted octanol–water partition coefficient (Wildman–Crippen LogP) is 4.07. The van der Waals surface area contributed by atoms with Crippen LogP contribution >= 0.6 is 0 Å². The zero-order valence-corrected chi connectivity index (χ0v) is 12.2. The van der Waals surface area contributed by atoms with Crippen LogP contribution in [0.15, 0.2) is 12.3 Å². The molecule has 0 aliphatic rings. The van der Waals surface area contributed by atoms with Crippen LogP contribution in [0, 0.1) is 0 Å². The Labute approximate surface area is 118 Å². The highest BCUT2D eigenvalue weighted by Crippen LogP contribution is 2.21. The van der Waals surface area contributed by atoms with E-state index in [0.717, 1.165) is 18.5 Å². The Kier molecular flexibility index (Phi) is 7.05. The summed E-state index contributed by atoms with van der Waals surface area (Å²) < 4.78 is 37.8. The number of unbranched alkanes of at least 4 members (excludes halogenated alkanes) is 1. The highest BCUT2D eigenvalue weighted by molar-refractivity contribution is 4.99. The number of hydrogen-bond acceptors (Lipinski definition) is 2. The first-order valence-corrected chi connectivity index (χ1v) is 7.27. The molecule has 0 bridgehead atoms. The lowest BCUT2D eigenvalue weighted by atomic mass is 10.2. The fourth-order valence-electron chi connectivity index (χ4n) is 2.13. The standard InChI is InChI=1S/C14H24F3N3/c1-3-13(4-2)20-10-7-12(19-20)11-18-9-6-5-8-14(15,16)17/h7,10,13,18H,3-6,8-9,11H2,1-2H3. The van der Waals surface area contributed by atoms with Gasteiger partial charge in [-0.1, -0.05) is 13.8 Å². The molecule has 0 unspecified atom stereocenters. The van der Waals surface area contributed by atoms with E-state index in [1.807, 2.05) is 16.9 Å². The van der Waals surface area contributed by atoms with Gasteiger partial charge in [-0.2, -0.15) is 18.3 Å². The lowest BCUT2D eigenvalue weighted by Crippen LogP contribution is -2.17. The summed E-state index contributed by atoms with van der Waals surface area (Å²) in [4.78, 5) is 0. The number of rotatable bonds is 9. The highest BCUT2D eigenvalue weighted by Gasteiger charge is 2.25. The molecule has 0 aromatic carbocycles. The van der Waals surface area contributed by atoms with Crippen LogP contribution < -0.4 is 5.32 Å². The van der Waals surface area contributed by atoms with Gasteiger partial charge in [0.05, 0.1) is 11.7 Å². The van der Waals surface area contributed by atoms with Gasteiger partial charge in [0.25, 0.3) is 0 Å². The Morgan fingerprint density at radius 2 is 1.95 bits per heavy atom. The Morgan fingerprint density at radius 1 is 1.25 bits per heavy atom. The Morgan fingerprint density at radius 3 is 2.55 bits per heavy atom. The summed E-state index contributed by atoms with van der Waals surface area (Å²) in [6.45, 7) is 5.47. The SMILES string of the molecule is CCC(CC)n1ccc(CNCCCCC(F)(F)F)n1. The molecule has 0 aliphatic heterocycles. The molecule has 116 valence electrons. The average Bonchev–Trinajstić information content (AvgIpc) is 2.83. The van der Waals surface area contributed by atoms with Crippen LogP contribution in [0.3, 0.4) is 0 Å². The summed E-state index contributed by atoms with van der Waals surface area (Å²) in [5, 5.41) is 7.62. The maximum atomic E-state index is 11.9. The minimum Gasteiger partial charge on any atom is -0.311 e. The maximum Gasteiger partial charge on any atom is 0.389 e. The van der Waals surface area contributed by atoms with Crippen molar-refractivity contribution in [3.8, 4) is 0 Å².